The number of amides is 1. The topological polar surface area (TPSA) is 80.4 Å². The molecule has 1 aliphatic heterocycles. The van der Waals surface area contributed by atoms with Crippen molar-refractivity contribution < 1.29 is 4.79 Å². The van der Waals surface area contributed by atoms with Crippen molar-refractivity contribution in [2.24, 2.45) is 10.7 Å². The van der Waals surface area contributed by atoms with Gasteiger partial charge < -0.3 is 11.1 Å². The van der Waals surface area contributed by atoms with Crippen molar-refractivity contribution in [3.8, 4) is 0 Å². The van der Waals surface area contributed by atoms with Crippen LogP contribution in [0, 0.1) is 6.92 Å². The molecule has 1 amide bonds. The minimum atomic E-state index is -0.387. The first-order chi connectivity index (χ1) is 11.0. The molecule has 2 aromatic rings. The Kier molecular flexibility index (Phi) is 4.41. The van der Waals surface area contributed by atoms with Crippen LogP contribution in [0.1, 0.15) is 34.1 Å². The van der Waals surface area contributed by atoms with Crippen LogP contribution in [0.25, 0.3) is 0 Å². The molecule has 0 saturated heterocycles. The molecular formula is C16H18N4OS2. The molecule has 0 aromatic carbocycles. The van der Waals surface area contributed by atoms with Gasteiger partial charge in [0.1, 0.15) is 0 Å². The number of aliphatic imine (C=N–C) groups is 1. The zero-order valence-electron chi connectivity index (χ0n) is 13.0. The Hall–Kier alpha value is -1.86. The number of pyridine rings is 1. The van der Waals surface area contributed by atoms with Crippen LogP contribution in [0.4, 0.5) is 5.69 Å². The van der Waals surface area contributed by atoms with Gasteiger partial charge in [-0.2, -0.15) is 0 Å². The molecule has 2 aromatic heterocycles. The van der Waals surface area contributed by atoms with Crippen molar-refractivity contribution in [3.63, 3.8) is 0 Å². The van der Waals surface area contributed by atoms with Gasteiger partial charge in [0.05, 0.1) is 22.3 Å². The third kappa shape index (κ3) is 3.40. The lowest BCUT2D eigenvalue weighted by molar-refractivity contribution is 0.103. The second-order valence-electron chi connectivity index (χ2n) is 5.67. The van der Waals surface area contributed by atoms with Crippen LogP contribution in [-0.4, -0.2) is 21.8 Å². The summed E-state index contributed by atoms with van der Waals surface area (Å²) < 4.78 is 0. The van der Waals surface area contributed by atoms with Gasteiger partial charge in [0.2, 0.25) is 0 Å². The molecule has 120 valence electrons. The molecule has 0 aliphatic carbocycles. The summed E-state index contributed by atoms with van der Waals surface area (Å²) in [4.78, 5) is 21.9. The number of anilines is 1. The Labute approximate surface area is 143 Å². The molecule has 0 radical (unpaired) electrons. The van der Waals surface area contributed by atoms with Crippen LogP contribution in [0.5, 0.6) is 0 Å². The first-order valence-corrected chi connectivity index (χ1v) is 9.13. The van der Waals surface area contributed by atoms with Crippen LogP contribution in [0.3, 0.4) is 0 Å². The lowest BCUT2D eigenvalue weighted by atomic mass is 9.91. The van der Waals surface area contributed by atoms with Crippen LogP contribution in [0.15, 0.2) is 34.9 Å². The van der Waals surface area contributed by atoms with E-state index in [1.54, 1.807) is 24.2 Å². The Morgan fingerprint density at radius 2 is 2.26 bits per heavy atom. The first-order valence-electron chi connectivity index (χ1n) is 7.27. The molecule has 0 unspecified atom stereocenters. The number of hydrogen-bond acceptors (Lipinski definition) is 6. The average Bonchev–Trinajstić information content (AvgIpc) is 2.93. The van der Waals surface area contributed by atoms with Gasteiger partial charge in [-0.25, -0.2) is 0 Å². The fourth-order valence-corrected chi connectivity index (χ4v) is 4.29. The van der Waals surface area contributed by atoms with E-state index in [1.165, 1.54) is 11.3 Å². The number of nitrogens with zero attached hydrogens (tertiary/aromatic N) is 2. The number of hydrogen-bond donors (Lipinski definition) is 2. The highest BCUT2D eigenvalue weighted by atomic mass is 32.2. The standard InChI is InChI=1S/C16H18N4OS2/c1-10-3-5-22-13(10)14(21)19-12-7-11(8-18-9-12)16(2)4-6-23-15(17)20-16/h3,5,7-9H,4,6H2,1-2H3,(H2,17,20)(H,19,21)/t16-/m0/s1. The van der Waals surface area contributed by atoms with Crippen molar-refractivity contribution in [3.05, 3.63) is 45.9 Å². The third-order valence-corrected chi connectivity index (χ3v) is 5.69. The quantitative estimate of drug-likeness (QED) is 0.893. The number of carbonyl (C=O) groups is 1. The summed E-state index contributed by atoms with van der Waals surface area (Å²) >= 11 is 3.00. The molecule has 0 spiro atoms. The SMILES string of the molecule is Cc1ccsc1C(=O)Nc1cncc([C@]2(C)CCSC(N)=N2)c1. The van der Waals surface area contributed by atoms with E-state index in [2.05, 4.69) is 15.3 Å². The number of amidine groups is 1. The number of nitrogens with one attached hydrogen (secondary N) is 1. The summed E-state index contributed by atoms with van der Waals surface area (Å²) in [5.74, 6) is 0.820. The van der Waals surface area contributed by atoms with E-state index in [-0.39, 0.29) is 11.4 Å². The normalized spacial score (nSPS) is 20.9. The van der Waals surface area contributed by atoms with Gasteiger partial charge in [-0.05, 0) is 48.9 Å². The molecule has 3 rings (SSSR count). The number of thiophene rings is 1. The predicted octanol–water partition coefficient (Wildman–Crippen LogP) is 3.37. The molecular weight excluding hydrogens is 328 g/mol. The summed E-state index contributed by atoms with van der Waals surface area (Å²) in [6.07, 6.45) is 4.33. The highest BCUT2D eigenvalue weighted by Gasteiger charge is 2.30. The van der Waals surface area contributed by atoms with E-state index < -0.39 is 0 Å². The third-order valence-electron chi connectivity index (χ3n) is 3.88. The van der Waals surface area contributed by atoms with Crippen LogP contribution in [0.2, 0.25) is 0 Å². The van der Waals surface area contributed by atoms with Gasteiger partial charge in [-0.15, -0.1) is 11.3 Å². The molecule has 1 aliphatic rings. The second-order valence-corrected chi connectivity index (χ2v) is 7.70. The zero-order valence-corrected chi connectivity index (χ0v) is 14.6. The van der Waals surface area contributed by atoms with Gasteiger partial charge in [0.15, 0.2) is 5.17 Å². The van der Waals surface area contributed by atoms with Gasteiger partial charge in [0.25, 0.3) is 5.91 Å². The van der Waals surface area contributed by atoms with E-state index in [4.69, 9.17) is 5.73 Å². The van der Waals surface area contributed by atoms with E-state index in [0.29, 0.717) is 10.9 Å². The van der Waals surface area contributed by atoms with Crippen LogP contribution in [-0.2, 0) is 5.54 Å². The largest absolute Gasteiger partial charge is 0.379 e. The number of nitrogens with two attached hydrogens (primary N) is 1. The van der Waals surface area contributed by atoms with Crippen LogP contribution >= 0.6 is 23.1 Å². The smallest absolute Gasteiger partial charge is 0.266 e. The summed E-state index contributed by atoms with van der Waals surface area (Å²) in [5.41, 5.74) is 8.10. The number of rotatable bonds is 3. The monoisotopic (exact) mass is 346 g/mol. The van der Waals surface area contributed by atoms with E-state index in [1.807, 2.05) is 31.4 Å². The summed E-state index contributed by atoms with van der Waals surface area (Å²) in [6.45, 7) is 3.98. The molecule has 0 bridgehead atoms. The molecule has 0 saturated carbocycles. The molecule has 1 atom stereocenters. The van der Waals surface area contributed by atoms with Crippen molar-refractivity contribution in [2.75, 3.05) is 11.1 Å². The van der Waals surface area contributed by atoms with E-state index in [9.17, 15) is 4.79 Å². The first kappa shape index (κ1) is 16.0. The average molecular weight is 346 g/mol. The minimum absolute atomic E-state index is 0.108. The molecule has 7 heteroatoms. The second kappa shape index (κ2) is 6.33. The van der Waals surface area contributed by atoms with Crippen molar-refractivity contribution >= 4 is 39.9 Å². The van der Waals surface area contributed by atoms with E-state index in [0.717, 1.165) is 28.2 Å². The zero-order chi connectivity index (χ0) is 16.4. The molecule has 3 N–H and O–H groups in total. The number of carbonyl (C=O) groups excluding carboxylic acids is 1. The van der Waals surface area contributed by atoms with Crippen LogP contribution < -0.4 is 11.1 Å². The van der Waals surface area contributed by atoms with E-state index >= 15 is 0 Å². The summed E-state index contributed by atoms with van der Waals surface area (Å²) in [6, 6.07) is 3.87. The fraction of sp³-hybridized carbons (Fsp3) is 0.312. The van der Waals surface area contributed by atoms with Crippen molar-refractivity contribution in [1.82, 2.24) is 4.98 Å². The molecule has 23 heavy (non-hydrogen) atoms. The van der Waals surface area contributed by atoms with Crippen molar-refractivity contribution in [2.45, 2.75) is 25.8 Å². The predicted molar refractivity (Wildman–Crippen MR) is 97.3 cm³/mol. The molecule has 5 nitrogen and oxygen atoms in total. The summed E-state index contributed by atoms with van der Waals surface area (Å²) in [5, 5.41) is 5.43. The lowest BCUT2D eigenvalue weighted by Crippen LogP contribution is -2.29. The maximum absolute atomic E-state index is 12.3. The minimum Gasteiger partial charge on any atom is -0.379 e. The Morgan fingerprint density at radius 3 is 2.96 bits per heavy atom. The van der Waals surface area contributed by atoms with Gasteiger partial charge in [-0.3, -0.25) is 14.8 Å². The van der Waals surface area contributed by atoms with Crippen molar-refractivity contribution in [1.29, 1.82) is 0 Å². The number of aryl methyl sites for hydroxylation is 1. The highest BCUT2D eigenvalue weighted by molar-refractivity contribution is 8.13. The van der Waals surface area contributed by atoms with Gasteiger partial charge in [0, 0.05) is 11.9 Å². The number of aromatic nitrogens is 1. The Balaban J connectivity index is 1.85. The summed E-state index contributed by atoms with van der Waals surface area (Å²) in [7, 11) is 0. The van der Waals surface area contributed by atoms with Gasteiger partial charge >= 0.3 is 0 Å². The maximum atomic E-state index is 12.3. The fourth-order valence-electron chi connectivity index (χ4n) is 2.49. The highest BCUT2D eigenvalue weighted by Crippen LogP contribution is 2.35. The maximum Gasteiger partial charge on any atom is 0.266 e. The molecule has 3 heterocycles. The lowest BCUT2D eigenvalue weighted by Gasteiger charge is -2.29. The van der Waals surface area contributed by atoms with Gasteiger partial charge in [-0.1, -0.05) is 11.8 Å². The Bertz CT molecular complexity index is 771. The Morgan fingerprint density at radius 1 is 1.43 bits per heavy atom. The molecule has 0 fully saturated rings. The number of thioether (sulfide) groups is 1.